The summed E-state index contributed by atoms with van der Waals surface area (Å²) in [6, 6.07) is 13.8. The summed E-state index contributed by atoms with van der Waals surface area (Å²) in [4.78, 5) is 8.67. The molecule has 0 spiro atoms. The third-order valence-electron chi connectivity index (χ3n) is 4.52. The van der Waals surface area contributed by atoms with Crippen LogP contribution in [0.2, 0.25) is 0 Å². The summed E-state index contributed by atoms with van der Waals surface area (Å²) in [5.41, 5.74) is 1.31. The Balaban J connectivity index is 1.75. The Kier molecular flexibility index (Phi) is 7.85. The van der Waals surface area contributed by atoms with Crippen LogP contribution in [-0.2, 0) is 14.6 Å². The van der Waals surface area contributed by atoms with Gasteiger partial charge in [-0.1, -0.05) is 6.92 Å². The van der Waals surface area contributed by atoms with E-state index in [1.165, 1.54) is 25.6 Å². The molecule has 32 heavy (non-hydrogen) atoms. The number of ether oxygens (including phenoxy) is 3. The third kappa shape index (κ3) is 6.08. The predicted octanol–water partition coefficient (Wildman–Crippen LogP) is 3.79. The van der Waals surface area contributed by atoms with Crippen LogP contribution < -0.4 is 20.1 Å². The zero-order chi connectivity index (χ0) is 23.0. The summed E-state index contributed by atoms with van der Waals surface area (Å²) in [5.74, 6) is 2.29. The molecular formula is C22H26N4O5S. The van der Waals surface area contributed by atoms with E-state index < -0.39 is 9.84 Å². The van der Waals surface area contributed by atoms with Gasteiger partial charge < -0.3 is 24.8 Å². The zero-order valence-corrected chi connectivity index (χ0v) is 19.0. The van der Waals surface area contributed by atoms with Crippen LogP contribution in [0.15, 0.2) is 59.8 Å². The largest absolute Gasteiger partial charge is 0.495 e. The first-order valence-corrected chi connectivity index (χ1v) is 11.6. The van der Waals surface area contributed by atoms with Gasteiger partial charge in [-0.15, -0.1) is 0 Å². The molecule has 170 valence electrons. The molecule has 0 fully saturated rings. The molecule has 1 aromatic heterocycles. The molecular weight excluding hydrogens is 432 g/mol. The number of hydrogen-bond donors (Lipinski definition) is 2. The number of anilines is 4. The van der Waals surface area contributed by atoms with Gasteiger partial charge in [-0.2, -0.15) is 0 Å². The lowest BCUT2D eigenvalue weighted by molar-refractivity contribution is 0.146. The fraction of sp³-hybridized carbons (Fsp3) is 0.273. The topological polar surface area (TPSA) is 112 Å². The SMILES string of the molecule is CCS(=O)(=O)c1ccc(OC)c(Nc2cc(Nc3ccc(OCCOC)cc3)ncn2)c1. The van der Waals surface area contributed by atoms with Crippen molar-refractivity contribution in [2.45, 2.75) is 11.8 Å². The lowest BCUT2D eigenvalue weighted by Crippen LogP contribution is -2.05. The minimum atomic E-state index is -3.36. The van der Waals surface area contributed by atoms with Gasteiger partial charge in [0.15, 0.2) is 9.84 Å². The molecule has 0 atom stereocenters. The molecule has 2 aromatic carbocycles. The second-order valence-corrected chi connectivity index (χ2v) is 8.95. The van der Waals surface area contributed by atoms with Crippen LogP contribution in [0.1, 0.15) is 6.92 Å². The molecule has 0 unspecified atom stereocenters. The molecule has 2 N–H and O–H groups in total. The Morgan fingerprint density at radius 2 is 1.62 bits per heavy atom. The maximum absolute atomic E-state index is 12.2. The number of aromatic nitrogens is 2. The number of hydrogen-bond acceptors (Lipinski definition) is 9. The zero-order valence-electron chi connectivity index (χ0n) is 18.2. The Bertz CT molecular complexity index is 1140. The van der Waals surface area contributed by atoms with Crippen molar-refractivity contribution >= 4 is 32.8 Å². The van der Waals surface area contributed by atoms with E-state index in [9.17, 15) is 8.42 Å². The van der Waals surface area contributed by atoms with Gasteiger partial charge in [-0.25, -0.2) is 18.4 Å². The molecule has 0 aliphatic carbocycles. The quantitative estimate of drug-likeness (QED) is 0.414. The Hall–Kier alpha value is -3.37. The third-order valence-corrected chi connectivity index (χ3v) is 6.26. The Labute approximate surface area is 187 Å². The first-order chi connectivity index (χ1) is 15.4. The van der Waals surface area contributed by atoms with E-state index in [0.717, 1.165) is 11.4 Å². The average molecular weight is 459 g/mol. The minimum absolute atomic E-state index is 0.0105. The van der Waals surface area contributed by atoms with Crippen LogP contribution in [0.4, 0.5) is 23.0 Å². The second-order valence-electron chi connectivity index (χ2n) is 6.67. The summed E-state index contributed by atoms with van der Waals surface area (Å²) < 4.78 is 40.4. The van der Waals surface area contributed by atoms with Crippen molar-refractivity contribution in [3.8, 4) is 11.5 Å². The number of methoxy groups -OCH3 is 2. The Morgan fingerprint density at radius 3 is 2.28 bits per heavy atom. The fourth-order valence-electron chi connectivity index (χ4n) is 2.80. The second kappa shape index (κ2) is 10.8. The number of rotatable bonds is 11. The number of nitrogens with zero attached hydrogens (tertiary/aromatic N) is 2. The first-order valence-electron chi connectivity index (χ1n) is 9.94. The molecule has 0 aliphatic heterocycles. The monoisotopic (exact) mass is 458 g/mol. The molecule has 10 heteroatoms. The highest BCUT2D eigenvalue weighted by atomic mass is 32.2. The summed E-state index contributed by atoms with van der Waals surface area (Å²) in [6.07, 6.45) is 1.41. The minimum Gasteiger partial charge on any atom is -0.495 e. The van der Waals surface area contributed by atoms with Gasteiger partial charge in [-0.05, 0) is 42.5 Å². The molecule has 1 heterocycles. The molecule has 0 aliphatic rings. The van der Waals surface area contributed by atoms with E-state index in [4.69, 9.17) is 14.2 Å². The molecule has 0 saturated heterocycles. The molecule has 0 saturated carbocycles. The molecule has 9 nitrogen and oxygen atoms in total. The molecule has 0 radical (unpaired) electrons. The number of benzene rings is 2. The summed E-state index contributed by atoms with van der Waals surface area (Å²) in [5, 5.41) is 6.31. The average Bonchev–Trinajstić information content (AvgIpc) is 2.80. The van der Waals surface area contributed by atoms with Crippen LogP contribution in [0.25, 0.3) is 0 Å². The van der Waals surface area contributed by atoms with E-state index in [0.29, 0.717) is 36.3 Å². The predicted molar refractivity (Wildman–Crippen MR) is 123 cm³/mol. The lowest BCUT2D eigenvalue weighted by atomic mass is 10.3. The van der Waals surface area contributed by atoms with Gasteiger partial charge in [0, 0.05) is 18.9 Å². The highest BCUT2D eigenvalue weighted by Gasteiger charge is 2.15. The van der Waals surface area contributed by atoms with Crippen LogP contribution in [0.5, 0.6) is 11.5 Å². The summed E-state index contributed by atoms with van der Waals surface area (Å²) >= 11 is 0. The van der Waals surface area contributed by atoms with Crippen molar-refractivity contribution in [3.63, 3.8) is 0 Å². The normalized spacial score (nSPS) is 11.1. The molecule has 0 bridgehead atoms. The Morgan fingerprint density at radius 1 is 0.906 bits per heavy atom. The van der Waals surface area contributed by atoms with E-state index >= 15 is 0 Å². The van der Waals surface area contributed by atoms with Crippen molar-refractivity contribution in [1.29, 1.82) is 0 Å². The van der Waals surface area contributed by atoms with Crippen molar-refractivity contribution in [3.05, 3.63) is 54.9 Å². The van der Waals surface area contributed by atoms with E-state index in [2.05, 4.69) is 20.6 Å². The smallest absolute Gasteiger partial charge is 0.178 e. The van der Waals surface area contributed by atoms with Crippen molar-refractivity contribution in [2.75, 3.05) is 43.8 Å². The van der Waals surface area contributed by atoms with Gasteiger partial charge in [-0.3, -0.25) is 0 Å². The van der Waals surface area contributed by atoms with Crippen LogP contribution in [0.3, 0.4) is 0 Å². The first kappa shape index (κ1) is 23.3. The van der Waals surface area contributed by atoms with Gasteiger partial charge >= 0.3 is 0 Å². The van der Waals surface area contributed by atoms with Gasteiger partial charge in [0.1, 0.15) is 36.1 Å². The standard InChI is InChI=1S/C22H26N4O5S/c1-4-32(27,28)18-9-10-20(30-3)19(13-18)26-22-14-21(23-15-24-22)25-16-5-7-17(8-6-16)31-12-11-29-2/h5-10,13-15H,4,11-12H2,1-3H3,(H2,23,24,25,26). The molecule has 0 amide bonds. The fourth-order valence-corrected chi connectivity index (χ4v) is 3.71. The van der Waals surface area contributed by atoms with Crippen molar-refractivity contribution in [1.82, 2.24) is 9.97 Å². The van der Waals surface area contributed by atoms with Gasteiger partial charge in [0.05, 0.1) is 30.1 Å². The van der Waals surface area contributed by atoms with Crippen LogP contribution in [0, 0.1) is 0 Å². The summed E-state index contributed by atoms with van der Waals surface area (Å²) in [6.45, 7) is 2.61. The van der Waals surface area contributed by atoms with Gasteiger partial charge in [0.25, 0.3) is 0 Å². The van der Waals surface area contributed by atoms with Gasteiger partial charge in [0.2, 0.25) is 0 Å². The molecule has 3 rings (SSSR count). The highest BCUT2D eigenvalue weighted by Crippen LogP contribution is 2.31. The van der Waals surface area contributed by atoms with Crippen molar-refractivity contribution in [2.24, 2.45) is 0 Å². The lowest BCUT2D eigenvalue weighted by Gasteiger charge is -2.13. The van der Waals surface area contributed by atoms with Crippen LogP contribution >= 0.6 is 0 Å². The summed E-state index contributed by atoms with van der Waals surface area (Å²) in [7, 11) is -0.212. The van der Waals surface area contributed by atoms with E-state index in [-0.39, 0.29) is 10.6 Å². The number of sulfone groups is 1. The van der Waals surface area contributed by atoms with Crippen LogP contribution in [-0.4, -0.2) is 51.6 Å². The maximum atomic E-state index is 12.2. The highest BCUT2D eigenvalue weighted by molar-refractivity contribution is 7.91. The maximum Gasteiger partial charge on any atom is 0.178 e. The van der Waals surface area contributed by atoms with Crippen molar-refractivity contribution < 1.29 is 22.6 Å². The molecule has 3 aromatic rings. The number of nitrogens with one attached hydrogen (secondary N) is 2. The van der Waals surface area contributed by atoms with E-state index in [1.54, 1.807) is 26.2 Å². The van der Waals surface area contributed by atoms with E-state index in [1.807, 2.05) is 24.3 Å².